The highest BCUT2D eigenvalue weighted by molar-refractivity contribution is 7.14. The van der Waals surface area contributed by atoms with Gasteiger partial charge in [-0.3, -0.25) is 4.79 Å². The molecule has 3 N–H and O–H groups in total. The summed E-state index contributed by atoms with van der Waals surface area (Å²) in [6.45, 7) is 0.509. The van der Waals surface area contributed by atoms with Gasteiger partial charge in [0.25, 0.3) is 5.91 Å². The first-order valence-electron chi connectivity index (χ1n) is 8.57. The highest BCUT2D eigenvalue weighted by Gasteiger charge is 2.11. The minimum absolute atomic E-state index is 0.194. The lowest BCUT2D eigenvalue weighted by Crippen LogP contribution is -2.25. The summed E-state index contributed by atoms with van der Waals surface area (Å²) in [5.41, 5.74) is 3.46. The number of phenols is 1. The SMILES string of the molecule is CN(C)c1cccc(Nc2nc(C(=O)NCCc3ccc(O)cc3)cs2)c1. The number of amides is 1. The summed E-state index contributed by atoms with van der Waals surface area (Å²) in [4.78, 5) is 18.7. The number of aromatic nitrogens is 1. The van der Waals surface area contributed by atoms with Gasteiger partial charge >= 0.3 is 0 Å². The summed E-state index contributed by atoms with van der Waals surface area (Å²) in [5, 5.41) is 17.8. The van der Waals surface area contributed by atoms with E-state index in [1.165, 1.54) is 11.3 Å². The monoisotopic (exact) mass is 382 g/mol. The Bertz CT molecular complexity index is 906. The Morgan fingerprint density at radius 3 is 2.70 bits per heavy atom. The molecule has 0 saturated carbocycles. The van der Waals surface area contributed by atoms with E-state index in [2.05, 4.69) is 15.6 Å². The number of aromatic hydroxyl groups is 1. The molecule has 1 heterocycles. The van der Waals surface area contributed by atoms with Crippen LogP contribution < -0.4 is 15.5 Å². The molecule has 0 unspecified atom stereocenters. The standard InChI is InChI=1S/C20H22N4O2S/c1-24(2)16-5-3-4-15(12-16)22-20-23-18(13-27-20)19(26)21-11-10-14-6-8-17(25)9-7-14/h3-9,12-13,25H,10-11H2,1-2H3,(H,21,26)(H,22,23). The fraction of sp³-hybridized carbons (Fsp3) is 0.200. The summed E-state index contributed by atoms with van der Waals surface area (Å²) < 4.78 is 0. The van der Waals surface area contributed by atoms with Crippen molar-refractivity contribution in [2.24, 2.45) is 0 Å². The van der Waals surface area contributed by atoms with E-state index in [-0.39, 0.29) is 11.7 Å². The molecule has 0 atom stereocenters. The number of thiazole rings is 1. The van der Waals surface area contributed by atoms with E-state index in [0.717, 1.165) is 16.9 Å². The second-order valence-corrected chi connectivity index (χ2v) is 7.14. The van der Waals surface area contributed by atoms with Gasteiger partial charge in [-0.1, -0.05) is 18.2 Å². The van der Waals surface area contributed by atoms with E-state index in [9.17, 15) is 9.90 Å². The first kappa shape index (κ1) is 18.7. The zero-order chi connectivity index (χ0) is 19.2. The minimum Gasteiger partial charge on any atom is -0.508 e. The van der Waals surface area contributed by atoms with Crippen molar-refractivity contribution in [2.75, 3.05) is 30.9 Å². The first-order chi connectivity index (χ1) is 13.0. The minimum atomic E-state index is -0.194. The number of carbonyl (C=O) groups excluding carboxylic acids is 1. The Balaban J connectivity index is 1.54. The zero-order valence-electron chi connectivity index (χ0n) is 15.3. The molecule has 1 amide bonds. The lowest BCUT2D eigenvalue weighted by Gasteiger charge is -2.13. The molecule has 27 heavy (non-hydrogen) atoms. The molecule has 1 aromatic heterocycles. The predicted octanol–water partition coefficient (Wildman–Crippen LogP) is 3.63. The van der Waals surface area contributed by atoms with Crippen LogP contribution in [0.4, 0.5) is 16.5 Å². The van der Waals surface area contributed by atoms with Crippen LogP contribution in [0.2, 0.25) is 0 Å². The van der Waals surface area contributed by atoms with Crippen LogP contribution in [-0.4, -0.2) is 36.6 Å². The second kappa shape index (κ2) is 8.55. The van der Waals surface area contributed by atoms with Crippen molar-refractivity contribution in [3.05, 3.63) is 65.2 Å². The van der Waals surface area contributed by atoms with Crippen molar-refractivity contribution in [3.8, 4) is 5.75 Å². The van der Waals surface area contributed by atoms with Crippen molar-refractivity contribution in [1.29, 1.82) is 0 Å². The van der Waals surface area contributed by atoms with Gasteiger partial charge in [-0.2, -0.15) is 0 Å². The van der Waals surface area contributed by atoms with Crippen molar-refractivity contribution >= 4 is 33.8 Å². The van der Waals surface area contributed by atoms with Crippen LogP contribution in [-0.2, 0) is 6.42 Å². The number of phenolic OH excluding ortho intramolecular Hbond substituents is 1. The van der Waals surface area contributed by atoms with Crippen LogP contribution in [0.5, 0.6) is 5.75 Å². The Labute approximate surface area is 162 Å². The highest BCUT2D eigenvalue weighted by atomic mass is 32.1. The molecule has 0 radical (unpaired) electrons. The maximum atomic E-state index is 12.3. The third-order valence-corrected chi connectivity index (χ3v) is 4.74. The van der Waals surface area contributed by atoms with Gasteiger partial charge in [-0.05, 0) is 42.3 Å². The summed E-state index contributed by atoms with van der Waals surface area (Å²) in [6, 6.07) is 15.0. The molecule has 0 fully saturated rings. The molecule has 7 heteroatoms. The maximum absolute atomic E-state index is 12.3. The summed E-state index contributed by atoms with van der Waals surface area (Å²) in [7, 11) is 3.98. The van der Waals surface area contributed by atoms with Gasteiger partial charge < -0.3 is 20.6 Å². The zero-order valence-corrected chi connectivity index (χ0v) is 16.1. The Morgan fingerprint density at radius 2 is 1.96 bits per heavy atom. The van der Waals surface area contributed by atoms with Gasteiger partial charge in [-0.25, -0.2) is 4.98 Å². The third-order valence-electron chi connectivity index (χ3n) is 3.99. The normalized spacial score (nSPS) is 10.4. The number of anilines is 3. The largest absolute Gasteiger partial charge is 0.508 e. The average molecular weight is 382 g/mol. The summed E-state index contributed by atoms with van der Waals surface area (Å²) >= 11 is 1.39. The van der Waals surface area contributed by atoms with Crippen molar-refractivity contribution < 1.29 is 9.90 Å². The van der Waals surface area contributed by atoms with E-state index in [1.807, 2.05) is 55.4 Å². The van der Waals surface area contributed by atoms with Gasteiger partial charge in [0.15, 0.2) is 5.13 Å². The van der Waals surface area contributed by atoms with Gasteiger partial charge in [0.05, 0.1) is 0 Å². The molecule has 0 aliphatic carbocycles. The highest BCUT2D eigenvalue weighted by Crippen LogP contribution is 2.24. The Kier molecular flexibility index (Phi) is 5.93. The first-order valence-corrected chi connectivity index (χ1v) is 9.45. The van der Waals surface area contributed by atoms with Gasteiger partial charge in [0.2, 0.25) is 0 Å². The van der Waals surface area contributed by atoms with Crippen LogP contribution in [0.15, 0.2) is 53.9 Å². The van der Waals surface area contributed by atoms with Crippen LogP contribution in [0.3, 0.4) is 0 Å². The Hall–Kier alpha value is -3.06. The van der Waals surface area contributed by atoms with Gasteiger partial charge in [0, 0.05) is 37.4 Å². The molecule has 0 saturated heterocycles. The lowest BCUT2D eigenvalue weighted by atomic mass is 10.1. The van der Waals surface area contributed by atoms with Crippen LogP contribution in [0.1, 0.15) is 16.1 Å². The number of carbonyl (C=O) groups is 1. The number of benzene rings is 2. The van der Waals surface area contributed by atoms with Crippen molar-refractivity contribution in [1.82, 2.24) is 10.3 Å². The van der Waals surface area contributed by atoms with E-state index in [4.69, 9.17) is 0 Å². The number of nitrogens with one attached hydrogen (secondary N) is 2. The molecule has 0 aliphatic heterocycles. The van der Waals surface area contributed by atoms with Crippen LogP contribution >= 0.6 is 11.3 Å². The van der Waals surface area contributed by atoms with Crippen molar-refractivity contribution in [3.63, 3.8) is 0 Å². The lowest BCUT2D eigenvalue weighted by molar-refractivity contribution is 0.0950. The fourth-order valence-corrected chi connectivity index (χ4v) is 3.21. The van der Waals surface area contributed by atoms with E-state index < -0.39 is 0 Å². The molecule has 0 aliphatic rings. The molecular weight excluding hydrogens is 360 g/mol. The second-order valence-electron chi connectivity index (χ2n) is 6.28. The van der Waals surface area contributed by atoms with Gasteiger partial charge in [-0.15, -0.1) is 11.3 Å². The molecular formula is C20H22N4O2S. The van der Waals surface area contributed by atoms with Crippen LogP contribution in [0, 0.1) is 0 Å². The molecule has 0 spiro atoms. The molecule has 3 rings (SSSR count). The number of hydrogen-bond donors (Lipinski definition) is 3. The van der Waals surface area contributed by atoms with E-state index in [0.29, 0.717) is 23.8 Å². The molecule has 2 aromatic carbocycles. The molecule has 6 nitrogen and oxygen atoms in total. The topological polar surface area (TPSA) is 77.5 Å². The smallest absolute Gasteiger partial charge is 0.270 e. The van der Waals surface area contributed by atoms with E-state index in [1.54, 1.807) is 17.5 Å². The predicted molar refractivity (Wildman–Crippen MR) is 110 cm³/mol. The maximum Gasteiger partial charge on any atom is 0.270 e. The fourth-order valence-electron chi connectivity index (χ4n) is 2.49. The summed E-state index contributed by atoms with van der Waals surface area (Å²) in [6.07, 6.45) is 0.693. The van der Waals surface area contributed by atoms with Crippen molar-refractivity contribution in [2.45, 2.75) is 6.42 Å². The summed E-state index contributed by atoms with van der Waals surface area (Å²) in [5.74, 6) is 0.0431. The van der Waals surface area contributed by atoms with Crippen LogP contribution in [0.25, 0.3) is 0 Å². The molecule has 140 valence electrons. The molecule has 0 bridgehead atoms. The number of rotatable bonds is 7. The average Bonchev–Trinajstić information content (AvgIpc) is 3.12. The van der Waals surface area contributed by atoms with E-state index >= 15 is 0 Å². The third kappa shape index (κ3) is 5.21. The quantitative estimate of drug-likeness (QED) is 0.582. The Morgan fingerprint density at radius 1 is 1.19 bits per heavy atom. The molecule has 3 aromatic rings. The number of hydrogen-bond acceptors (Lipinski definition) is 6. The number of nitrogens with zero attached hydrogens (tertiary/aromatic N) is 2. The van der Waals surface area contributed by atoms with Gasteiger partial charge in [0.1, 0.15) is 11.4 Å².